The van der Waals surface area contributed by atoms with Crippen LogP contribution in [0.4, 0.5) is 0 Å². The van der Waals surface area contributed by atoms with Crippen molar-refractivity contribution in [1.29, 1.82) is 0 Å². The van der Waals surface area contributed by atoms with Gasteiger partial charge in [-0.1, -0.05) is 43.9 Å². The average molecular weight is 354 g/mol. The van der Waals surface area contributed by atoms with Gasteiger partial charge in [-0.2, -0.15) is 0 Å². The summed E-state index contributed by atoms with van der Waals surface area (Å²) in [6, 6.07) is 9.75. The molecule has 1 aliphatic carbocycles. The lowest BCUT2D eigenvalue weighted by Gasteiger charge is -2.36. The molecule has 2 bridgehead atoms. The first-order valence-electron chi connectivity index (χ1n) is 10.3. The third kappa shape index (κ3) is 3.79. The number of hydrogen-bond donors (Lipinski definition) is 0. The Hall–Kier alpha value is -1.84. The van der Waals surface area contributed by atoms with Crippen molar-refractivity contribution in [3.05, 3.63) is 35.9 Å². The third-order valence-corrected chi connectivity index (χ3v) is 6.58. The monoisotopic (exact) mass is 354 g/mol. The molecule has 1 saturated carbocycles. The van der Waals surface area contributed by atoms with Crippen LogP contribution in [0.1, 0.15) is 61.7 Å². The topological polar surface area (TPSA) is 40.6 Å². The summed E-state index contributed by atoms with van der Waals surface area (Å²) >= 11 is 0. The lowest BCUT2D eigenvalue weighted by atomic mass is 9.94. The van der Waals surface area contributed by atoms with Gasteiger partial charge in [-0.05, 0) is 43.2 Å². The van der Waals surface area contributed by atoms with E-state index < -0.39 is 0 Å². The highest BCUT2D eigenvalue weighted by atomic mass is 16.2. The minimum Gasteiger partial charge on any atom is -0.338 e. The Morgan fingerprint density at radius 3 is 2.46 bits per heavy atom. The second kappa shape index (κ2) is 7.81. The zero-order chi connectivity index (χ0) is 17.9. The largest absolute Gasteiger partial charge is 0.338 e. The molecule has 26 heavy (non-hydrogen) atoms. The minimum atomic E-state index is 0.114. The van der Waals surface area contributed by atoms with Gasteiger partial charge < -0.3 is 9.80 Å². The van der Waals surface area contributed by atoms with E-state index in [4.69, 9.17) is 0 Å². The Morgan fingerprint density at radius 2 is 1.69 bits per heavy atom. The van der Waals surface area contributed by atoms with Crippen LogP contribution >= 0.6 is 0 Å². The van der Waals surface area contributed by atoms with Gasteiger partial charge in [0.1, 0.15) is 0 Å². The molecule has 0 unspecified atom stereocenters. The van der Waals surface area contributed by atoms with Crippen molar-refractivity contribution in [3.63, 3.8) is 0 Å². The van der Waals surface area contributed by atoms with Gasteiger partial charge in [-0.15, -0.1) is 0 Å². The number of amides is 2. The molecule has 0 radical (unpaired) electrons. The van der Waals surface area contributed by atoms with E-state index in [1.54, 1.807) is 0 Å². The van der Waals surface area contributed by atoms with Crippen LogP contribution < -0.4 is 0 Å². The Kier molecular flexibility index (Phi) is 5.28. The van der Waals surface area contributed by atoms with Crippen LogP contribution in [-0.2, 0) is 4.79 Å². The van der Waals surface area contributed by atoms with E-state index in [9.17, 15) is 9.59 Å². The van der Waals surface area contributed by atoms with Gasteiger partial charge in [0.05, 0.1) is 0 Å². The molecular weight excluding hydrogens is 324 g/mol. The number of hydrogen-bond acceptors (Lipinski definition) is 2. The number of nitrogens with zero attached hydrogens (tertiary/aromatic N) is 2. The van der Waals surface area contributed by atoms with Gasteiger partial charge in [0.2, 0.25) is 5.91 Å². The van der Waals surface area contributed by atoms with E-state index in [1.807, 2.05) is 35.2 Å². The predicted octanol–water partition coefficient (Wildman–Crippen LogP) is 3.72. The highest BCUT2D eigenvalue weighted by Crippen LogP contribution is 2.32. The van der Waals surface area contributed by atoms with Gasteiger partial charge in [0, 0.05) is 37.7 Å². The first kappa shape index (κ1) is 17.6. The fourth-order valence-corrected chi connectivity index (χ4v) is 5.09. The van der Waals surface area contributed by atoms with Gasteiger partial charge in [-0.3, -0.25) is 9.59 Å². The van der Waals surface area contributed by atoms with E-state index >= 15 is 0 Å². The van der Waals surface area contributed by atoms with E-state index in [1.165, 1.54) is 25.7 Å². The zero-order valence-electron chi connectivity index (χ0n) is 15.6. The van der Waals surface area contributed by atoms with E-state index in [2.05, 4.69) is 4.90 Å². The highest BCUT2D eigenvalue weighted by molar-refractivity contribution is 5.94. The molecule has 5 rings (SSSR count). The van der Waals surface area contributed by atoms with Gasteiger partial charge in [-0.25, -0.2) is 0 Å². The molecule has 0 spiro atoms. The van der Waals surface area contributed by atoms with Crippen LogP contribution in [0.5, 0.6) is 0 Å². The normalized spacial score (nSPS) is 26.2. The first-order chi connectivity index (χ1) is 12.7. The van der Waals surface area contributed by atoms with Gasteiger partial charge >= 0.3 is 0 Å². The summed E-state index contributed by atoms with van der Waals surface area (Å²) < 4.78 is 0. The van der Waals surface area contributed by atoms with Gasteiger partial charge in [0.15, 0.2) is 0 Å². The molecule has 1 aromatic carbocycles. The van der Waals surface area contributed by atoms with Crippen molar-refractivity contribution in [1.82, 2.24) is 9.80 Å². The maximum absolute atomic E-state index is 12.9. The van der Waals surface area contributed by atoms with Crippen molar-refractivity contribution in [3.8, 4) is 0 Å². The number of fused-ring (bicyclic) bond motifs is 4. The lowest BCUT2D eigenvalue weighted by molar-refractivity contribution is -0.135. The van der Waals surface area contributed by atoms with Crippen molar-refractivity contribution in [2.75, 3.05) is 19.6 Å². The molecule has 4 heteroatoms. The molecule has 4 fully saturated rings. The summed E-state index contributed by atoms with van der Waals surface area (Å²) in [4.78, 5) is 29.8. The second-order valence-electron chi connectivity index (χ2n) is 8.41. The van der Waals surface area contributed by atoms with E-state index in [0.717, 1.165) is 43.8 Å². The summed E-state index contributed by atoms with van der Waals surface area (Å²) in [5.74, 6) is 1.62. The van der Waals surface area contributed by atoms with Crippen LogP contribution in [0.15, 0.2) is 30.3 Å². The summed E-state index contributed by atoms with van der Waals surface area (Å²) in [6.45, 7) is 2.32. The molecule has 3 aliphatic heterocycles. The molecule has 3 saturated heterocycles. The second-order valence-corrected chi connectivity index (χ2v) is 8.41. The van der Waals surface area contributed by atoms with Crippen molar-refractivity contribution in [2.45, 2.75) is 57.4 Å². The minimum absolute atomic E-state index is 0.114. The standard InChI is InChI=1S/C22H30N2O2/c25-21(13-11-17-6-4-5-7-17)24-15-18-10-12-20(24)16-23(14-18)22(26)19-8-2-1-3-9-19/h1-3,8-9,17-18,20H,4-7,10-16H2/t18-,20+/m0/s1. The van der Waals surface area contributed by atoms with E-state index in [0.29, 0.717) is 24.8 Å². The molecule has 4 nitrogen and oxygen atoms in total. The van der Waals surface area contributed by atoms with Crippen LogP contribution in [0.3, 0.4) is 0 Å². The number of carbonyl (C=O) groups is 2. The number of carbonyl (C=O) groups excluding carboxylic acids is 2. The maximum Gasteiger partial charge on any atom is 0.253 e. The number of rotatable bonds is 4. The van der Waals surface area contributed by atoms with Crippen molar-refractivity contribution < 1.29 is 9.59 Å². The summed E-state index contributed by atoms with van der Waals surface area (Å²) in [6.07, 6.45) is 9.21. The molecule has 0 aromatic heterocycles. The van der Waals surface area contributed by atoms with Crippen LogP contribution in [-0.4, -0.2) is 47.3 Å². The van der Waals surface area contributed by atoms with Crippen LogP contribution in [0, 0.1) is 11.8 Å². The van der Waals surface area contributed by atoms with Crippen LogP contribution in [0.2, 0.25) is 0 Å². The number of piperidine rings is 1. The molecule has 4 aliphatic rings. The molecule has 0 N–H and O–H groups in total. The molecule has 2 amide bonds. The molecular formula is C22H30N2O2. The predicted molar refractivity (Wildman–Crippen MR) is 102 cm³/mol. The lowest BCUT2D eigenvalue weighted by Crippen LogP contribution is -2.47. The summed E-state index contributed by atoms with van der Waals surface area (Å²) in [7, 11) is 0. The van der Waals surface area contributed by atoms with Crippen molar-refractivity contribution >= 4 is 11.8 Å². The smallest absolute Gasteiger partial charge is 0.253 e. The Bertz CT molecular complexity index is 639. The highest BCUT2D eigenvalue weighted by Gasteiger charge is 2.38. The summed E-state index contributed by atoms with van der Waals surface area (Å²) in [5.41, 5.74) is 0.757. The molecule has 140 valence electrons. The Morgan fingerprint density at radius 1 is 0.923 bits per heavy atom. The quantitative estimate of drug-likeness (QED) is 0.827. The third-order valence-electron chi connectivity index (χ3n) is 6.58. The maximum atomic E-state index is 12.9. The van der Waals surface area contributed by atoms with Gasteiger partial charge in [0.25, 0.3) is 5.91 Å². The molecule has 1 aromatic rings. The summed E-state index contributed by atoms with van der Waals surface area (Å²) in [5, 5.41) is 0. The van der Waals surface area contributed by atoms with Crippen LogP contribution in [0.25, 0.3) is 0 Å². The zero-order valence-corrected chi connectivity index (χ0v) is 15.6. The Labute approximate surface area is 156 Å². The van der Waals surface area contributed by atoms with Crippen molar-refractivity contribution in [2.24, 2.45) is 11.8 Å². The average Bonchev–Trinajstić information content (AvgIpc) is 3.04. The molecule has 2 atom stereocenters. The molecule has 3 heterocycles. The van der Waals surface area contributed by atoms with E-state index in [-0.39, 0.29) is 11.9 Å². The fourth-order valence-electron chi connectivity index (χ4n) is 5.09. The fraction of sp³-hybridized carbons (Fsp3) is 0.636. The first-order valence-corrected chi connectivity index (χ1v) is 10.3. The Balaban J connectivity index is 1.39. The SMILES string of the molecule is O=C(c1ccccc1)N1C[C@@H]2CC[C@H](C1)N(C(=O)CCC1CCCC1)C2. The number of benzene rings is 1.